The lowest BCUT2D eigenvalue weighted by atomic mass is 9.70. The Morgan fingerprint density at radius 3 is 2.55 bits per heavy atom. The van der Waals surface area contributed by atoms with Crippen LogP contribution in [0.15, 0.2) is 12.3 Å². The van der Waals surface area contributed by atoms with Gasteiger partial charge in [0.25, 0.3) is 0 Å². The predicted molar refractivity (Wildman–Crippen MR) is 82.8 cm³/mol. The van der Waals surface area contributed by atoms with Crippen LogP contribution in [-0.4, -0.2) is 23.0 Å². The molecule has 1 fully saturated rings. The maximum Gasteiger partial charge on any atom is 0.0514 e. The Balaban J connectivity index is 2.18. The SMILES string of the molecule is CC(C)(C)c1ccnn1CC1COCCC1C(C)(C)C. The first-order valence-electron chi connectivity index (χ1n) is 7.79. The van der Waals surface area contributed by atoms with Gasteiger partial charge in [0.05, 0.1) is 6.61 Å². The Kier molecular flexibility index (Phi) is 4.29. The summed E-state index contributed by atoms with van der Waals surface area (Å²) in [5.74, 6) is 1.26. The molecular weight excluding hydrogens is 248 g/mol. The lowest BCUT2D eigenvalue weighted by molar-refractivity contribution is -0.0308. The van der Waals surface area contributed by atoms with Crippen molar-refractivity contribution in [3.8, 4) is 0 Å². The fourth-order valence-corrected chi connectivity index (χ4v) is 3.45. The Hall–Kier alpha value is -0.830. The molecule has 0 amide bonds. The Morgan fingerprint density at radius 1 is 1.25 bits per heavy atom. The summed E-state index contributed by atoms with van der Waals surface area (Å²) in [6.07, 6.45) is 3.09. The molecule has 1 aromatic rings. The van der Waals surface area contributed by atoms with Crippen LogP contribution in [0.3, 0.4) is 0 Å². The minimum Gasteiger partial charge on any atom is -0.381 e. The van der Waals surface area contributed by atoms with Gasteiger partial charge in [-0.05, 0) is 23.8 Å². The van der Waals surface area contributed by atoms with E-state index in [1.165, 1.54) is 12.1 Å². The van der Waals surface area contributed by atoms with E-state index in [2.05, 4.69) is 57.4 Å². The molecule has 2 heterocycles. The molecule has 0 saturated carbocycles. The Morgan fingerprint density at radius 2 is 1.95 bits per heavy atom. The minimum absolute atomic E-state index is 0.142. The highest BCUT2D eigenvalue weighted by Crippen LogP contribution is 2.38. The lowest BCUT2D eigenvalue weighted by Crippen LogP contribution is -2.39. The summed E-state index contributed by atoms with van der Waals surface area (Å²) in [5, 5.41) is 4.55. The van der Waals surface area contributed by atoms with Crippen molar-refractivity contribution in [1.82, 2.24) is 9.78 Å². The number of hydrogen-bond acceptors (Lipinski definition) is 2. The van der Waals surface area contributed by atoms with Crippen molar-refractivity contribution in [2.45, 2.75) is 59.9 Å². The summed E-state index contributed by atoms with van der Waals surface area (Å²) in [4.78, 5) is 0. The molecule has 2 unspecified atom stereocenters. The molecule has 0 aromatic carbocycles. The van der Waals surface area contributed by atoms with E-state index < -0.39 is 0 Å². The third kappa shape index (κ3) is 3.43. The predicted octanol–water partition coefficient (Wildman–Crippen LogP) is 3.88. The van der Waals surface area contributed by atoms with E-state index in [0.29, 0.717) is 17.3 Å². The smallest absolute Gasteiger partial charge is 0.0514 e. The first kappa shape index (κ1) is 15.6. The normalized spacial score (nSPS) is 24.9. The maximum absolute atomic E-state index is 5.74. The van der Waals surface area contributed by atoms with E-state index in [4.69, 9.17) is 4.74 Å². The van der Waals surface area contributed by atoms with Gasteiger partial charge in [-0.25, -0.2) is 0 Å². The summed E-state index contributed by atoms with van der Waals surface area (Å²) >= 11 is 0. The van der Waals surface area contributed by atoms with Gasteiger partial charge in [0.1, 0.15) is 0 Å². The second kappa shape index (κ2) is 5.51. The number of nitrogens with zero attached hydrogens (tertiary/aromatic N) is 2. The molecule has 20 heavy (non-hydrogen) atoms. The van der Waals surface area contributed by atoms with Crippen LogP contribution in [0.1, 0.15) is 53.7 Å². The van der Waals surface area contributed by atoms with Crippen LogP contribution < -0.4 is 0 Å². The molecule has 0 bridgehead atoms. The number of rotatable bonds is 2. The van der Waals surface area contributed by atoms with E-state index in [1.54, 1.807) is 0 Å². The Bertz CT molecular complexity index is 437. The maximum atomic E-state index is 5.74. The van der Waals surface area contributed by atoms with Gasteiger partial charge in [-0.15, -0.1) is 0 Å². The van der Waals surface area contributed by atoms with Crippen molar-refractivity contribution in [2.24, 2.45) is 17.3 Å². The first-order valence-corrected chi connectivity index (χ1v) is 7.79. The molecule has 3 heteroatoms. The number of aromatic nitrogens is 2. The Labute approximate surface area is 123 Å². The molecule has 2 rings (SSSR count). The summed E-state index contributed by atoms with van der Waals surface area (Å²) < 4.78 is 7.93. The van der Waals surface area contributed by atoms with Crippen molar-refractivity contribution in [3.63, 3.8) is 0 Å². The summed E-state index contributed by atoms with van der Waals surface area (Å²) in [6, 6.07) is 2.15. The van der Waals surface area contributed by atoms with Gasteiger partial charge in [0, 0.05) is 36.4 Å². The fourth-order valence-electron chi connectivity index (χ4n) is 3.45. The monoisotopic (exact) mass is 278 g/mol. The topological polar surface area (TPSA) is 27.1 Å². The summed E-state index contributed by atoms with van der Waals surface area (Å²) in [7, 11) is 0. The molecule has 0 N–H and O–H groups in total. The fraction of sp³-hybridized carbons (Fsp3) is 0.824. The van der Waals surface area contributed by atoms with E-state index >= 15 is 0 Å². The van der Waals surface area contributed by atoms with E-state index in [0.717, 1.165) is 19.8 Å². The van der Waals surface area contributed by atoms with Crippen molar-refractivity contribution < 1.29 is 4.74 Å². The van der Waals surface area contributed by atoms with E-state index in [1.807, 2.05) is 6.20 Å². The van der Waals surface area contributed by atoms with E-state index in [-0.39, 0.29) is 5.41 Å². The lowest BCUT2D eigenvalue weighted by Gasteiger charge is -2.40. The average Bonchev–Trinajstić information content (AvgIpc) is 2.76. The molecule has 0 radical (unpaired) electrons. The first-order chi connectivity index (χ1) is 9.19. The van der Waals surface area contributed by atoms with Crippen molar-refractivity contribution in [2.75, 3.05) is 13.2 Å². The molecule has 1 aliphatic heterocycles. The highest BCUT2D eigenvalue weighted by molar-refractivity contribution is 5.12. The average molecular weight is 278 g/mol. The third-order valence-electron chi connectivity index (χ3n) is 4.48. The molecule has 3 nitrogen and oxygen atoms in total. The second-order valence-electron chi connectivity index (χ2n) is 8.24. The molecule has 1 aliphatic rings. The molecule has 1 aromatic heterocycles. The van der Waals surface area contributed by atoms with Gasteiger partial charge in [-0.1, -0.05) is 41.5 Å². The largest absolute Gasteiger partial charge is 0.381 e. The van der Waals surface area contributed by atoms with Crippen LogP contribution in [0.4, 0.5) is 0 Å². The molecule has 114 valence electrons. The number of hydrogen-bond donors (Lipinski definition) is 0. The van der Waals surface area contributed by atoms with Gasteiger partial charge in [-0.3, -0.25) is 4.68 Å². The van der Waals surface area contributed by atoms with Crippen molar-refractivity contribution >= 4 is 0 Å². The van der Waals surface area contributed by atoms with Gasteiger partial charge in [-0.2, -0.15) is 5.10 Å². The van der Waals surface area contributed by atoms with Gasteiger partial charge < -0.3 is 4.74 Å². The molecule has 0 spiro atoms. The van der Waals surface area contributed by atoms with Gasteiger partial charge in [0.15, 0.2) is 0 Å². The third-order valence-corrected chi connectivity index (χ3v) is 4.48. The van der Waals surface area contributed by atoms with Crippen LogP contribution in [0, 0.1) is 17.3 Å². The zero-order chi connectivity index (χ0) is 15.0. The quantitative estimate of drug-likeness (QED) is 0.821. The summed E-state index contributed by atoms with van der Waals surface area (Å²) in [6.45, 7) is 16.5. The minimum atomic E-state index is 0.142. The van der Waals surface area contributed by atoms with Crippen LogP contribution >= 0.6 is 0 Å². The van der Waals surface area contributed by atoms with Gasteiger partial charge >= 0.3 is 0 Å². The highest BCUT2D eigenvalue weighted by atomic mass is 16.5. The van der Waals surface area contributed by atoms with Crippen LogP contribution in [-0.2, 0) is 16.7 Å². The molecular formula is C17H30N2O. The van der Waals surface area contributed by atoms with Crippen LogP contribution in [0.2, 0.25) is 0 Å². The van der Waals surface area contributed by atoms with Gasteiger partial charge in [0.2, 0.25) is 0 Å². The molecule has 1 saturated heterocycles. The zero-order valence-corrected chi connectivity index (χ0v) is 13.9. The van der Waals surface area contributed by atoms with E-state index in [9.17, 15) is 0 Å². The zero-order valence-electron chi connectivity index (χ0n) is 13.9. The molecule has 0 aliphatic carbocycles. The number of ether oxygens (including phenoxy) is 1. The van der Waals surface area contributed by atoms with Crippen molar-refractivity contribution in [3.05, 3.63) is 18.0 Å². The molecule has 2 atom stereocenters. The van der Waals surface area contributed by atoms with Crippen LogP contribution in [0.25, 0.3) is 0 Å². The second-order valence-corrected chi connectivity index (χ2v) is 8.24. The van der Waals surface area contributed by atoms with Crippen molar-refractivity contribution in [1.29, 1.82) is 0 Å². The van der Waals surface area contributed by atoms with Crippen LogP contribution in [0.5, 0.6) is 0 Å². The highest BCUT2D eigenvalue weighted by Gasteiger charge is 2.35. The standard InChI is InChI=1S/C17H30N2O/c1-16(2,3)14-8-10-20-12-13(14)11-19-15(7-9-18-19)17(4,5)6/h7,9,13-14H,8,10-12H2,1-6H3. The summed E-state index contributed by atoms with van der Waals surface area (Å²) in [5.41, 5.74) is 1.79.